The minimum Gasteiger partial charge on any atom is -0.357 e. The highest BCUT2D eigenvalue weighted by Crippen LogP contribution is 2.23. The van der Waals surface area contributed by atoms with Gasteiger partial charge in [0.05, 0.1) is 4.47 Å². The lowest BCUT2D eigenvalue weighted by atomic mass is 10.3. The molecule has 2 rings (SSSR count). The van der Waals surface area contributed by atoms with E-state index in [9.17, 15) is 0 Å². The van der Waals surface area contributed by atoms with E-state index in [-0.39, 0.29) is 0 Å². The SMILES string of the molecule is Cc1cnc(N(C)CCN2CCNCC2)c(Br)c1. The number of pyridine rings is 1. The zero-order valence-corrected chi connectivity index (χ0v) is 12.7. The molecule has 0 saturated carbocycles. The third-order valence-corrected chi connectivity index (χ3v) is 3.86. The van der Waals surface area contributed by atoms with Crippen molar-refractivity contribution in [3.63, 3.8) is 0 Å². The van der Waals surface area contributed by atoms with Crippen LogP contribution < -0.4 is 10.2 Å². The van der Waals surface area contributed by atoms with E-state index in [0.29, 0.717) is 0 Å². The third-order valence-electron chi connectivity index (χ3n) is 3.28. The van der Waals surface area contributed by atoms with Crippen LogP contribution in [0.1, 0.15) is 5.56 Å². The van der Waals surface area contributed by atoms with Gasteiger partial charge in [-0.15, -0.1) is 0 Å². The van der Waals surface area contributed by atoms with Crippen molar-refractivity contribution in [3.05, 3.63) is 22.3 Å². The van der Waals surface area contributed by atoms with E-state index >= 15 is 0 Å². The van der Waals surface area contributed by atoms with Crippen LogP contribution in [-0.2, 0) is 0 Å². The Hall–Kier alpha value is -0.650. The number of hydrogen-bond acceptors (Lipinski definition) is 4. The van der Waals surface area contributed by atoms with Gasteiger partial charge in [-0.05, 0) is 34.5 Å². The molecule has 5 heteroatoms. The summed E-state index contributed by atoms with van der Waals surface area (Å²) in [6.07, 6.45) is 1.92. The summed E-state index contributed by atoms with van der Waals surface area (Å²) in [6.45, 7) is 8.68. The highest BCUT2D eigenvalue weighted by atomic mass is 79.9. The molecule has 0 spiro atoms. The van der Waals surface area contributed by atoms with Crippen molar-refractivity contribution in [2.24, 2.45) is 0 Å². The maximum absolute atomic E-state index is 4.49. The van der Waals surface area contributed by atoms with Gasteiger partial charge < -0.3 is 10.2 Å². The first-order valence-electron chi connectivity index (χ1n) is 6.43. The van der Waals surface area contributed by atoms with E-state index in [2.05, 4.69) is 56.1 Å². The van der Waals surface area contributed by atoms with E-state index in [1.807, 2.05) is 6.20 Å². The standard InChI is InChI=1S/C13H21BrN4/c1-11-9-12(14)13(16-10-11)17(2)7-8-18-5-3-15-4-6-18/h9-10,15H,3-8H2,1-2H3. The Labute approximate surface area is 118 Å². The predicted molar refractivity (Wildman–Crippen MR) is 79.3 cm³/mol. The molecule has 1 aliphatic rings. The fourth-order valence-electron chi connectivity index (χ4n) is 2.14. The molecule has 1 aromatic heterocycles. The molecule has 0 unspecified atom stereocenters. The number of nitrogens with zero attached hydrogens (tertiary/aromatic N) is 3. The molecule has 1 fully saturated rings. The van der Waals surface area contributed by atoms with Gasteiger partial charge in [0, 0.05) is 52.5 Å². The van der Waals surface area contributed by atoms with Gasteiger partial charge in [0.1, 0.15) is 5.82 Å². The fraction of sp³-hybridized carbons (Fsp3) is 0.615. The van der Waals surface area contributed by atoms with Gasteiger partial charge >= 0.3 is 0 Å². The molecule has 0 aromatic carbocycles. The van der Waals surface area contributed by atoms with Crippen molar-refractivity contribution >= 4 is 21.7 Å². The van der Waals surface area contributed by atoms with Crippen LogP contribution in [-0.4, -0.2) is 56.2 Å². The van der Waals surface area contributed by atoms with Crippen molar-refractivity contribution in [1.82, 2.24) is 15.2 Å². The molecule has 1 aliphatic heterocycles. The summed E-state index contributed by atoms with van der Waals surface area (Å²) in [5, 5.41) is 3.37. The van der Waals surface area contributed by atoms with Crippen LogP contribution in [0.3, 0.4) is 0 Å². The fourth-order valence-corrected chi connectivity index (χ4v) is 2.91. The first kappa shape index (κ1) is 13.8. The summed E-state index contributed by atoms with van der Waals surface area (Å²) in [6, 6.07) is 2.11. The lowest BCUT2D eigenvalue weighted by molar-refractivity contribution is 0.246. The van der Waals surface area contributed by atoms with Crippen molar-refractivity contribution in [3.8, 4) is 0 Å². The van der Waals surface area contributed by atoms with Gasteiger partial charge in [-0.25, -0.2) is 4.98 Å². The lowest BCUT2D eigenvalue weighted by Gasteiger charge is -2.29. The van der Waals surface area contributed by atoms with Gasteiger partial charge in [0.2, 0.25) is 0 Å². The van der Waals surface area contributed by atoms with Crippen LogP contribution in [0.4, 0.5) is 5.82 Å². The quantitative estimate of drug-likeness (QED) is 0.913. The van der Waals surface area contributed by atoms with Gasteiger partial charge in [0.15, 0.2) is 0 Å². The van der Waals surface area contributed by atoms with Gasteiger partial charge in [0.25, 0.3) is 0 Å². The molecule has 100 valence electrons. The lowest BCUT2D eigenvalue weighted by Crippen LogP contribution is -2.46. The summed E-state index contributed by atoms with van der Waals surface area (Å²) in [4.78, 5) is 9.20. The molecule has 1 aromatic rings. The van der Waals surface area contributed by atoms with Crippen molar-refractivity contribution in [2.75, 3.05) is 51.2 Å². The van der Waals surface area contributed by atoms with Crippen LogP contribution in [0.5, 0.6) is 0 Å². The molecule has 1 N–H and O–H groups in total. The molecule has 0 aliphatic carbocycles. The Morgan fingerprint density at radius 1 is 1.44 bits per heavy atom. The van der Waals surface area contributed by atoms with Crippen LogP contribution in [0.2, 0.25) is 0 Å². The molecule has 1 saturated heterocycles. The first-order chi connectivity index (χ1) is 8.66. The number of aromatic nitrogens is 1. The number of nitrogens with one attached hydrogen (secondary N) is 1. The minimum atomic E-state index is 1.01. The van der Waals surface area contributed by atoms with Crippen molar-refractivity contribution < 1.29 is 0 Å². The molecule has 4 nitrogen and oxygen atoms in total. The molecule has 0 bridgehead atoms. The number of anilines is 1. The van der Waals surface area contributed by atoms with E-state index < -0.39 is 0 Å². The highest BCUT2D eigenvalue weighted by molar-refractivity contribution is 9.10. The van der Waals surface area contributed by atoms with Crippen LogP contribution >= 0.6 is 15.9 Å². The summed E-state index contributed by atoms with van der Waals surface area (Å²) < 4.78 is 1.07. The Morgan fingerprint density at radius 3 is 2.83 bits per heavy atom. The average molecular weight is 313 g/mol. The summed E-state index contributed by atoms with van der Waals surface area (Å²) >= 11 is 3.59. The topological polar surface area (TPSA) is 31.4 Å². The molecular weight excluding hydrogens is 292 g/mol. The summed E-state index contributed by atoms with van der Waals surface area (Å²) in [5.41, 5.74) is 1.18. The number of likely N-dealkylation sites (N-methyl/N-ethyl adjacent to an activating group) is 1. The summed E-state index contributed by atoms with van der Waals surface area (Å²) in [7, 11) is 2.10. The normalized spacial score (nSPS) is 16.8. The molecule has 0 amide bonds. The third kappa shape index (κ3) is 3.67. The van der Waals surface area contributed by atoms with Gasteiger partial charge in [-0.3, -0.25) is 4.90 Å². The van der Waals surface area contributed by atoms with Crippen LogP contribution in [0.25, 0.3) is 0 Å². The van der Waals surface area contributed by atoms with E-state index in [1.165, 1.54) is 5.56 Å². The second-order valence-corrected chi connectivity index (χ2v) is 5.69. The van der Waals surface area contributed by atoms with Gasteiger partial charge in [-0.2, -0.15) is 0 Å². The average Bonchev–Trinajstić information content (AvgIpc) is 2.37. The first-order valence-corrected chi connectivity index (χ1v) is 7.22. The number of hydrogen-bond donors (Lipinski definition) is 1. The maximum Gasteiger partial charge on any atom is 0.142 e. The summed E-state index contributed by atoms with van der Waals surface area (Å²) in [5.74, 6) is 1.02. The van der Waals surface area contributed by atoms with Crippen molar-refractivity contribution in [2.45, 2.75) is 6.92 Å². The van der Waals surface area contributed by atoms with E-state index in [0.717, 1.165) is 49.6 Å². The van der Waals surface area contributed by atoms with E-state index in [1.54, 1.807) is 0 Å². The highest BCUT2D eigenvalue weighted by Gasteiger charge is 2.12. The second-order valence-electron chi connectivity index (χ2n) is 4.83. The molecule has 0 atom stereocenters. The monoisotopic (exact) mass is 312 g/mol. The molecule has 0 radical (unpaired) electrons. The number of halogens is 1. The zero-order chi connectivity index (χ0) is 13.0. The predicted octanol–water partition coefficient (Wildman–Crippen LogP) is 1.49. The van der Waals surface area contributed by atoms with Crippen LogP contribution in [0.15, 0.2) is 16.7 Å². The zero-order valence-electron chi connectivity index (χ0n) is 11.1. The minimum absolute atomic E-state index is 1.01. The van der Waals surface area contributed by atoms with E-state index in [4.69, 9.17) is 0 Å². The Kier molecular flexibility index (Phi) is 4.97. The number of rotatable bonds is 4. The second kappa shape index (κ2) is 6.50. The molecule has 2 heterocycles. The Balaban J connectivity index is 1.88. The number of aryl methyl sites for hydroxylation is 1. The van der Waals surface area contributed by atoms with Crippen LogP contribution in [0, 0.1) is 6.92 Å². The molecular formula is C13H21BrN4. The Bertz CT molecular complexity index is 391. The number of piperazine rings is 1. The largest absolute Gasteiger partial charge is 0.357 e. The Morgan fingerprint density at radius 2 is 2.17 bits per heavy atom. The molecule has 18 heavy (non-hydrogen) atoms. The van der Waals surface area contributed by atoms with Crippen molar-refractivity contribution in [1.29, 1.82) is 0 Å². The maximum atomic E-state index is 4.49. The smallest absolute Gasteiger partial charge is 0.142 e. The van der Waals surface area contributed by atoms with Gasteiger partial charge in [-0.1, -0.05) is 0 Å².